The molecular formula is C22H27F5O. The van der Waals surface area contributed by atoms with Crippen molar-refractivity contribution in [3.63, 3.8) is 0 Å². The third kappa shape index (κ3) is 4.69. The van der Waals surface area contributed by atoms with Gasteiger partial charge in [0.2, 0.25) is 5.82 Å². The number of ether oxygens (including phenoxy) is 1. The molecule has 3 rings (SSSR count). The number of hydrogen-bond donors (Lipinski definition) is 0. The summed E-state index contributed by atoms with van der Waals surface area (Å²) >= 11 is 0. The summed E-state index contributed by atoms with van der Waals surface area (Å²) in [7, 11) is 0. The largest absolute Gasteiger partial charge is 0.487 e. The van der Waals surface area contributed by atoms with E-state index in [2.05, 4.69) is 6.92 Å². The van der Waals surface area contributed by atoms with E-state index in [0.29, 0.717) is 18.3 Å². The topological polar surface area (TPSA) is 9.23 Å². The van der Waals surface area contributed by atoms with Gasteiger partial charge in [-0.25, -0.2) is 17.6 Å². The van der Waals surface area contributed by atoms with Gasteiger partial charge in [0.15, 0.2) is 17.4 Å². The van der Waals surface area contributed by atoms with Gasteiger partial charge in [-0.3, -0.25) is 0 Å². The molecule has 0 N–H and O–H groups in total. The normalized spacial score (nSPS) is 28.3. The van der Waals surface area contributed by atoms with E-state index in [1.165, 1.54) is 6.42 Å². The van der Waals surface area contributed by atoms with Gasteiger partial charge in [-0.1, -0.05) is 38.7 Å². The molecule has 6 heteroatoms. The van der Waals surface area contributed by atoms with Crippen LogP contribution in [0.3, 0.4) is 0 Å². The maximum atomic E-state index is 14.1. The van der Waals surface area contributed by atoms with Gasteiger partial charge in [0, 0.05) is 12.3 Å². The van der Waals surface area contributed by atoms with Crippen LogP contribution >= 0.6 is 0 Å². The van der Waals surface area contributed by atoms with Crippen LogP contribution in [0.1, 0.15) is 58.3 Å². The fourth-order valence-corrected chi connectivity index (χ4v) is 4.79. The summed E-state index contributed by atoms with van der Waals surface area (Å²) in [5.74, 6) is -3.73. The van der Waals surface area contributed by atoms with Gasteiger partial charge in [0.25, 0.3) is 6.43 Å². The molecule has 0 aliphatic heterocycles. The van der Waals surface area contributed by atoms with Crippen molar-refractivity contribution in [3.05, 3.63) is 41.2 Å². The smallest absolute Gasteiger partial charge is 0.260 e. The average Bonchev–Trinajstić information content (AvgIpc) is 2.69. The molecule has 0 spiro atoms. The van der Waals surface area contributed by atoms with E-state index in [-0.39, 0.29) is 17.9 Å². The molecule has 0 saturated heterocycles. The van der Waals surface area contributed by atoms with Crippen LogP contribution in [0.25, 0.3) is 0 Å². The molecule has 2 unspecified atom stereocenters. The van der Waals surface area contributed by atoms with E-state index in [1.54, 1.807) is 6.08 Å². The van der Waals surface area contributed by atoms with Crippen molar-refractivity contribution in [3.8, 4) is 5.75 Å². The maximum Gasteiger partial charge on any atom is 0.260 e. The van der Waals surface area contributed by atoms with E-state index < -0.39 is 35.7 Å². The quantitative estimate of drug-likeness (QED) is 0.281. The van der Waals surface area contributed by atoms with E-state index in [9.17, 15) is 22.0 Å². The average molecular weight is 402 g/mol. The lowest BCUT2D eigenvalue weighted by atomic mass is 9.69. The summed E-state index contributed by atoms with van der Waals surface area (Å²) in [5.41, 5.74) is -0.0242. The Bertz CT molecular complexity index is 694. The fourth-order valence-electron chi connectivity index (χ4n) is 4.79. The van der Waals surface area contributed by atoms with Crippen LogP contribution in [0.4, 0.5) is 22.0 Å². The lowest BCUT2D eigenvalue weighted by Gasteiger charge is -2.40. The van der Waals surface area contributed by atoms with Crippen LogP contribution < -0.4 is 4.74 Å². The summed E-state index contributed by atoms with van der Waals surface area (Å²) in [4.78, 5) is 0. The van der Waals surface area contributed by atoms with Gasteiger partial charge in [0.05, 0.1) is 0 Å². The Hall–Kier alpha value is -1.59. The summed E-state index contributed by atoms with van der Waals surface area (Å²) in [6.45, 7) is 2.17. The molecule has 28 heavy (non-hydrogen) atoms. The molecule has 1 saturated carbocycles. The van der Waals surface area contributed by atoms with E-state index in [0.717, 1.165) is 44.2 Å². The SMILES string of the molecule is CCCC1CCC(C2CC=C(C(F)F)CC2Oc2ccc(F)c(F)c2F)CC1. The second kappa shape index (κ2) is 9.27. The molecule has 1 nitrogen and oxygen atoms in total. The Kier molecular flexibility index (Phi) is 7.00. The first kappa shape index (κ1) is 21.1. The van der Waals surface area contributed by atoms with Crippen LogP contribution in [0.15, 0.2) is 23.8 Å². The number of alkyl halides is 2. The first-order chi connectivity index (χ1) is 13.4. The molecular weight excluding hydrogens is 375 g/mol. The van der Waals surface area contributed by atoms with Crippen molar-refractivity contribution in [2.24, 2.45) is 17.8 Å². The Balaban J connectivity index is 1.77. The molecule has 0 heterocycles. The molecule has 2 aliphatic carbocycles. The Labute approximate surface area is 163 Å². The van der Waals surface area contributed by atoms with Crippen LogP contribution in [0, 0.1) is 35.2 Å². The second-order valence-corrected chi connectivity index (χ2v) is 8.08. The van der Waals surface area contributed by atoms with E-state index >= 15 is 0 Å². The predicted octanol–water partition coefficient (Wildman–Crippen LogP) is 7.06. The van der Waals surface area contributed by atoms with Crippen molar-refractivity contribution < 1.29 is 26.7 Å². The molecule has 1 fully saturated rings. The third-order valence-corrected chi connectivity index (χ3v) is 6.32. The monoisotopic (exact) mass is 402 g/mol. The lowest BCUT2D eigenvalue weighted by molar-refractivity contribution is 0.0518. The van der Waals surface area contributed by atoms with Crippen LogP contribution in [-0.4, -0.2) is 12.5 Å². The van der Waals surface area contributed by atoms with E-state index in [1.807, 2.05) is 0 Å². The van der Waals surface area contributed by atoms with Crippen molar-refractivity contribution in [2.75, 3.05) is 0 Å². The minimum Gasteiger partial charge on any atom is -0.487 e. The fraction of sp³-hybridized carbons (Fsp3) is 0.636. The second-order valence-electron chi connectivity index (χ2n) is 8.08. The molecule has 1 aromatic rings. The van der Waals surface area contributed by atoms with Gasteiger partial charge in [-0.2, -0.15) is 4.39 Å². The number of hydrogen-bond acceptors (Lipinski definition) is 1. The number of rotatable bonds is 6. The molecule has 2 aliphatic rings. The Morgan fingerprint density at radius 2 is 1.75 bits per heavy atom. The third-order valence-electron chi connectivity index (χ3n) is 6.32. The minimum absolute atomic E-state index is 0.0182. The zero-order chi connectivity index (χ0) is 20.3. The number of allylic oxidation sites excluding steroid dienone is 1. The molecule has 0 amide bonds. The lowest BCUT2D eigenvalue weighted by Crippen LogP contribution is -2.37. The van der Waals surface area contributed by atoms with Crippen LogP contribution in [0.5, 0.6) is 5.75 Å². The molecule has 0 aromatic heterocycles. The highest BCUT2D eigenvalue weighted by atomic mass is 19.3. The summed E-state index contributed by atoms with van der Waals surface area (Å²) in [6, 6.07) is 1.83. The standard InChI is InChI=1S/C22H27F5O/c1-2-3-13-4-6-14(7-5-13)16-9-8-15(22(26)27)12-19(16)28-18-11-10-17(23)20(24)21(18)25/h8,10-11,13-14,16,19,22H,2-7,9,12H2,1H3. The van der Waals surface area contributed by atoms with Crippen molar-refractivity contribution in [1.29, 1.82) is 0 Å². The molecule has 1 aromatic carbocycles. The highest BCUT2D eigenvalue weighted by Gasteiger charge is 2.37. The first-order valence-corrected chi connectivity index (χ1v) is 10.2. The van der Waals surface area contributed by atoms with Gasteiger partial charge in [-0.05, 0) is 48.8 Å². The van der Waals surface area contributed by atoms with Crippen molar-refractivity contribution in [1.82, 2.24) is 0 Å². The minimum atomic E-state index is -2.60. The molecule has 0 radical (unpaired) electrons. The Morgan fingerprint density at radius 1 is 1.04 bits per heavy atom. The van der Waals surface area contributed by atoms with Gasteiger partial charge in [-0.15, -0.1) is 0 Å². The predicted molar refractivity (Wildman–Crippen MR) is 97.9 cm³/mol. The molecule has 0 bridgehead atoms. The van der Waals surface area contributed by atoms with Crippen LogP contribution in [-0.2, 0) is 0 Å². The zero-order valence-electron chi connectivity index (χ0n) is 16.1. The maximum absolute atomic E-state index is 14.1. The number of benzene rings is 1. The van der Waals surface area contributed by atoms with E-state index in [4.69, 9.17) is 4.74 Å². The van der Waals surface area contributed by atoms with Crippen molar-refractivity contribution in [2.45, 2.75) is 70.8 Å². The van der Waals surface area contributed by atoms with Gasteiger partial charge in [0.1, 0.15) is 6.10 Å². The highest BCUT2D eigenvalue weighted by molar-refractivity contribution is 5.27. The highest BCUT2D eigenvalue weighted by Crippen LogP contribution is 2.43. The van der Waals surface area contributed by atoms with Crippen molar-refractivity contribution >= 4 is 0 Å². The van der Waals surface area contributed by atoms with Crippen LogP contribution in [0.2, 0.25) is 0 Å². The summed E-state index contributed by atoms with van der Waals surface area (Å²) in [6.07, 6.45) is 5.29. The van der Waals surface area contributed by atoms with Gasteiger partial charge >= 0.3 is 0 Å². The molecule has 2 atom stereocenters. The van der Waals surface area contributed by atoms with Gasteiger partial charge < -0.3 is 4.74 Å². The first-order valence-electron chi connectivity index (χ1n) is 10.2. The molecule has 156 valence electrons. The number of halogens is 5. The summed E-state index contributed by atoms with van der Waals surface area (Å²) in [5, 5.41) is 0. The zero-order valence-corrected chi connectivity index (χ0v) is 16.1. The summed E-state index contributed by atoms with van der Waals surface area (Å²) < 4.78 is 73.0. The Morgan fingerprint density at radius 3 is 2.39 bits per heavy atom.